The normalized spacial score (nSPS) is 11.7. The van der Waals surface area contributed by atoms with Crippen molar-refractivity contribution in [3.8, 4) is 11.5 Å². The third kappa shape index (κ3) is 3.87. The van der Waals surface area contributed by atoms with E-state index in [-0.39, 0.29) is 18.3 Å². The molecule has 0 amide bonds. The number of hydrogen-bond acceptors (Lipinski definition) is 3. The van der Waals surface area contributed by atoms with Crippen molar-refractivity contribution >= 4 is 24.0 Å². The smallest absolute Gasteiger partial charge is 0.247 e. The van der Waals surface area contributed by atoms with Crippen LogP contribution in [0.5, 0.6) is 0 Å². The second kappa shape index (κ2) is 7.43. The van der Waals surface area contributed by atoms with E-state index in [1.165, 1.54) is 5.56 Å². The van der Waals surface area contributed by atoms with Gasteiger partial charge in [0.05, 0.1) is 0 Å². The number of nitrogens with zero attached hydrogens (tertiary/aromatic N) is 2. The molecule has 0 aliphatic rings. The van der Waals surface area contributed by atoms with Crippen LogP contribution in [0.25, 0.3) is 11.5 Å². The van der Waals surface area contributed by atoms with Crippen LogP contribution in [0, 0.1) is 0 Å². The molecule has 0 bridgehead atoms. The van der Waals surface area contributed by atoms with Crippen LogP contribution >= 0.6 is 24.0 Å². The van der Waals surface area contributed by atoms with E-state index in [1.54, 1.807) is 0 Å². The lowest BCUT2D eigenvalue weighted by Crippen LogP contribution is -1.98. The lowest BCUT2D eigenvalue weighted by Gasteiger charge is -2.06. The highest BCUT2D eigenvalue weighted by Crippen LogP contribution is 2.24. The van der Waals surface area contributed by atoms with Crippen molar-refractivity contribution in [2.24, 2.45) is 0 Å². The van der Waals surface area contributed by atoms with Crippen molar-refractivity contribution in [2.75, 3.05) is 0 Å². The highest BCUT2D eigenvalue weighted by atomic mass is 35.5. The minimum atomic E-state index is 0. The topological polar surface area (TPSA) is 38.9 Å². The lowest BCUT2D eigenvalue weighted by atomic mass is 10.0. The fourth-order valence-electron chi connectivity index (χ4n) is 2.19. The zero-order valence-corrected chi connectivity index (χ0v) is 13.6. The summed E-state index contributed by atoms with van der Waals surface area (Å²) in [5.74, 6) is 1.38. The summed E-state index contributed by atoms with van der Waals surface area (Å²) in [5, 5.41) is 9.03. The fourth-order valence-corrected chi connectivity index (χ4v) is 2.32. The molecule has 3 rings (SSSR count). The van der Waals surface area contributed by atoms with Crippen LogP contribution in [0.3, 0.4) is 0 Å². The van der Waals surface area contributed by atoms with Gasteiger partial charge in [0.1, 0.15) is 0 Å². The predicted molar refractivity (Wildman–Crippen MR) is 90.6 cm³/mol. The van der Waals surface area contributed by atoms with Gasteiger partial charge in [-0.15, -0.1) is 22.6 Å². The van der Waals surface area contributed by atoms with E-state index in [4.69, 9.17) is 16.0 Å². The van der Waals surface area contributed by atoms with Gasteiger partial charge in [0.2, 0.25) is 11.8 Å². The maximum atomic E-state index is 5.90. The Morgan fingerprint density at radius 2 is 1.68 bits per heavy atom. The van der Waals surface area contributed by atoms with Gasteiger partial charge in [-0.2, -0.15) is 0 Å². The van der Waals surface area contributed by atoms with Gasteiger partial charge in [-0.3, -0.25) is 0 Å². The van der Waals surface area contributed by atoms with Gasteiger partial charge >= 0.3 is 0 Å². The molecule has 114 valence electrons. The molecule has 2 aromatic carbocycles. The van der Waals surface area contributed by atoms with Crippen molar-refractivity contribution < 1.29 is 4.42 Å². The quantitative estimate of drug-likeness (QED) is 0.661. The molecule has 0 radical (unpaired) electrons. The highest BCUT2D eigenvalue weighted by Gasteiger charge is 2.15. The molecule has 0 aliphatic carbocycles. The molecule has 22 heavy (non-hydrogen) atoms. The summed E-state index contributed by atoms with van der Waals surface area (Å²) >= 11 is 5.90. The van der Waals surface area contributed by atoms with E-state index >= 15 is 0 Å². The standard InChI is InChI=1S/C17H15ClN2O.ClH/c1-12(11-13-7-9-15(18)10-8-13)16-19-20-17(21-16)14-5-3-2-4-6-14;/h2-10,12H,11H2,1H3;1H. The second-order valence-electron chi connectivity index (χ2n) is 5.04. The summed E-state index contributed by atoms with van der Waals surface area (Å²) < 4.78 is 5.78. The molecule has 3 nitrogen and oxygen atoms in total. The Hall–Kier alpha value is -1.84. The van der Waals surface area contributed by atoms with Gasteiger partial charge in [-0.1, -0.05) is 48.9 Å². The second-order valence-corrected chi connectivity index (χ2v) is 5.48. The molecule has 1 atom stereocenters. The molecule has 0 saturated heterocycles. The third-order valence-electron chi connectivity index (χ3n) is 3.34. The monoisotopic (exact) mass is 334 g/mol. The molecule has 1 unspecified atom stereocenters. The van der Waals surface area contributed by atoms with Crippen molar-refractivity contribution in [1.82, 2.24) is 10.2 Å². The minimum absolute atomic E-state index is 0. The van der Waals surface area contributed by atoms with Crippen molar-refractivity contribution in [2.45, 2.75) is 19.3 Å². The van der Waals surface area contributed by atoms with Gasteiger partial charge in [0.25, 0.3) is 0 Å². The molecule has 3 aromatic rings. The Morgan fingerprint density at radius 3 is 2.36 bits per heavy atom. The van der Waals surface area contributed by atoms with Crippen LogP contribution in [0.1, 0.15) is 24.3 Å². The van der Waals surface area contributed by atoms with Crippen LogP contribution in [0.15, 0.2) is 59.0 Å². The van der Waals surface area contributed by atoms with E-state index in [1.807, 2.05) is 54.6 Å². The molecular formula is C17H16Cl2N2O. The zero-order chi connectivity index (χ0) is 14.7. The molecule has 0 fully saturated rings. The molecule has 5 heteroatoms. The fraction of sp³-hybridized carbons (Fsp3) is 0.176. The molecule has 0 aliphatic heterocycles. The predicted octanol–water partition coefficient (Wildman–Crippen LogP) is 5.16. The van der Waals surface area contributed by atoms with Gasteiger partial charge in [0.15, 0.2) is 0 Å². The van der Waals surface area contributed by atoms with Crippen LogP contribution in [0.2, 0.25) is 5.02 Å². The summed E-state index contributed by atoms with van der Waals surface area (Å²) in [6.07, 6.45) is 0.841. The number of aromatic nitrogens is 2. The van der Waals surface area contributed by atoms with E-state index in [0.717, 1.165) is 17.0 Å². The van der Waals surface area contributed by atoms with Gasteiger partial charge < -0.3 is 4.42 Å². The maximum Gasteiger partial charge on any atom is 0.247 e. The van der Waals surface area contributed by atoms with E-state index < -0.39 is 0 Å². The van der Waals surface area contributed by atoms with Crippen molar-refractivity contribution in [1.29, 1.82) is 0 Å². The van der Waals surface area contributed by atoms with E-state index in [0.29, 0.717) is 11.8 Å². The Morgan fingerprint density at radius 1 is 1.00 bits per heavy atom. The molecule has 0 saturated carbocycles. The van der Waals surface area contributed by atoms with E-state index in [9.17, 15) is 0 Å². The highest BCUT2D eigenvalue weighted by molar-refractivity contribution is 6.30. The number of rotatable bonds is 4. The summed E-state index contributed by atoms with van der Waals surface area (Å²) in [7, 11) is 0. The first-order valence-corrected chi connectivity index (χ1v) is 7.23. The first-order valence-electron chi connectivity index (χ1n) is 6.85. The minimum Gasteiger partial charge on any atom is -0.420 e. The molecule has 1 heterocycles. The lowest BCUT2D eigenvalue weighted by molar-refractivity contribution is 0.466. The van der Waals surface area contributed by atoms with E-state index in [2.05, 4.69) is 17.1 Å². The van der Waals surface area contributed by atoms with Crippen molar-refractivity contribution in [3.05, 3.63) is 71.1 Å². The Kier molecular flexibility index (Phi) is 5.58. The van der Waals surface area contributed by atoms with Crippen LogP contribution < -0.4 is 0 Å². The van der Waals surface area contributed by atoms with Crippen LogP contribution in [0.4, 0.5) is 0 Å². The summed E-state index contributed by atoms with van der Waals surface area (Å²) in [6.45, 7) is 2.08. The average Bonchev–Trinajstić information content (AvgIpc) is 3.00. The Labute approximate surface area is 140 Å². The maximum absolute atomic E-state index is 5.90. The molecule has 0 spiro atoms. The Bertz CT molecular complexity index is 711. The third-order valence-corrected chi connectivity index (χ3v) is 3.59. The van der Waals surface area contributed by atoms with Crippen LogP contribution in [-0.4, -0.2) is 10.2 Å². The zero-order valence-electron chi connectivity index (χ0n) is 12.1. The largest absolute Gasteiger partial charge is 0.420 e. The van der Waals surface area contributed by atoms with Gasteiger partial charge in [-0.25, -0.2) is 0 Å². The summed E-state index contributed by atoms with van der Waals surface area (Å²) in [6, 6.07) is 17.6. The molecule has 0 N–H and O–H groups in total. The first-order chi connectivity index (χ1) is 10.2. The molecular weight excluding hydrogens is 319 g/mol. The Balaban J connectivity index is 0.00000176. The SMILES string of the molecule is CC(Cc1ccc(Cl)cc1)c1nnc(-c2ccccc2)o1.Cl. The van der Waals surface area contributed by atoms with Gasteiger partial charge in [-0.05, 0) is 36.2 Å². The summed E-state index contributed by atoms with van der Waals surface area (Å²) in [4.78, 5) is 0. The molecule has 1 aromatic heterocycles. The number of halogens is 2. The number of hydrogen-bond donors (Lipinski definition) is 0. The number of benzene rings is 2. The van der Waals surface area contributed by atoms with Crippen LogP contribution in [-0.2, 0) is 6.42 Å². The van der Waals surface area contributed by atoms with Gasteiger partial charge in [0, 0.05) is 16.5 Å². The first kappa shape index (κ1) is 16.5. The summed E-state index contributed by atoms with van der Waals surface area (Å²) in [5.41, 5.74) is 2.14. The average molecular weight is 335 g/mol. The van der Waals surface area contributed by atoms with Crippen molar-refractivity contribution in [3.63, 3.8) is 0 Å².